The summed E-state index contributed by atoms with van der Waals surface area (Å²) in [5.41, 5.74) is 1.97. The van der Waals surface area contributed by atoms with Gasteiger partial charge in [0.1, 0.15) is 0 Å². The molecule has 2 saturated carbocycles. The third-order valence-corrected chi connectivity index (χ3v) is 5.62. The number of aryl methyl sites for hydroxylation is 1. The molecule has 1 heterocycles. The maximum atomic E-state index is 12.4. The number of carbonyl (C=O) groups is 1. The molecule has 19 heavy (non-hydrogen) atoms. The van der Waals surface area contributed by atoms with Gasteiger partial charge in [0, 0.05) is 11.7 Å². The second-order valence-electron chi connectivity index (χ2n) is 7.23. The van der Waals surface area contributed by atoms with E-state index in [1.54, 1.807) is 6.20 Å². The highest BCUT2D eigenvalue weighted by Gasteiger charge is 2.59. The predicted octanol–water partition coefficient (Wildman–Crippen LogP) is 2.66. The summed E-state index contributed by atoms with van der Waals surface area (Å²) in [6.07, 6.45) is 5.40. The summed E-state index contributed by atoms with van der Waals surface area (Å²) in [5, 5.41) is 10.0. The number of rotatable bonds is 2. The monoisotopic (exact) mass is 261 g/mol. The molecule has 0 radical (unpaired) electrons. The summed E-state index contributed by atoms with van der Waals surface area (Å²) in [5.74, 6) is 0.756. The maximum absolute atomic E-state index is 12.4. The van der Waals surface area contributed by atoms with E-state index in [1.165, 1.54) is 19.3 Å². The van der Waals surface area contributed by atoms with Crippen LogP contribution in [0.25, 0.3) is 0 Å². The Balaban J connectivity index is 1.84. The zero-order valence-electron chi connectivity index (χ0n) is 12.2. The Morgan fingerprint density at radius 3 is 2.74 bits per heavy atom. The number of amides is 1. The SMILES string of the molecule is Cc1[nH]ncc1C(=O)NC1C2(C)CCC(C2)C1(C)C. The van der Waals surface area contributed by atoms with Gasteiger partial charge in [0.05, 0.1) is 11.8 Å². The largest absolute Gasteiger partial charge is 0.348 e. The van der Waals surface area contributed by atoms with E-state index in [1.807, 2.05) is 6.92 Å². The lowest BCUT2D eigenvalue weighted by atomic mass is 9.68. The minimum absolute atomic E-state index is 0.0121. The third kappa shape index (κ3) is 1.72. The topological polar surface area (TPSA) is 57.8 Å². The van der Waals surface area contributed by atoms with Crippen molar-refractivity contribution in [2.24, 2.45) is 16.7 Å². The van der Waals surface area contributed by atoms with E-state index < -0.39 is 0 Å². The number of nitrogens with zero attached hydrogens (tertiary/aromatic N) is 1. The molecule has 0 saturated heterocycles. The number of nitrogens with one attached hydrogen (secondary N) is 2. The highest BCUT2D eigenvalue weighted by Crippen LogP contribution is 2.62. The number of fused-ring (bicyclic) bond motifs is 2. The molecule has 104 valence electrons. The fraction of sp³-hybridized carbons (Fsp3) is 0.733. The van der Waals surface area contributed by atoms with Crippen LogP contribution >= 0.6 is 0 Å². The lowest BCUT2D eigenvalue weighted by Crippen LogP contribution is -2.52. The summed E-state index contributed by atoms with van der Waals surface area (Å²) < 4.78 is 0. The van der Waals surface area contributed by atoms with E-state index in [-0.39, 0.29) is 22.8 Å². The molecule has 3 unspecified atom stereocenters. The van der Waals surface area contributed by atoms with E-state index in [2.05, 4.69) is 36.3 Å². The quantitative estimate of drug-likeness (QED) is 0.860. The minimum atomic E-state index is 0.0121. The Hall–Kier alpha value is -1.32. The highest BCUT2D eigenvalue weighted by molar-refractivity contribution is 5.95. The lowest BCUT2D eigenvalue weighted by molar-refractivity contribution is 0.0737. The second kappa shape index (κ2) is 3.84. The van der Waals surface area contributed by atoms with Crippen LogP contribution in [0.5, 0.6) is 0 Å². The zero-order chi connectivity index (χ0) is 13.8. The van der Waals surface area contributed by atoms with Crippen molar-refractivity contribution >= 4 is 5.91 Å². The average molecular weight is 261 g/mol. The molecule has 2 aliphatic carbocycles. The molecule has 1 aromatic rings. The van der Waals surface area contributed by atoms with Gasteiger partial charge in [-0.2, -0.15) is 5.10 Å². The van der Waals surface area contributed by atoms with E-state index in [4.69, 9.17) is 0 Å². The molecule has 4 heteroatoms. The van der Waals surface area contributed by atoms with Crippen LogP contribution in [0.3, 0.4) is 0 Å². The van der Waals surface area contributed by atoms with Crippen molar-refractivity contribution in [2.75, 3.05) is 0 Å². The van der Waals surface area contributed by atoms with Crippen molar-refractivity contribution in [3.05, 3.63) is 17.5 Å². The molecule has 3 atom stereocenters. The first-order chi connectivity index (χ1) is 8.84. The summed E-state index contributed by atoms with van der Waals surface area (Å²) in [4.78, 5) is 12.4. The first kappa shape index (κ1) is 12.7. The van der Waals surface area contributed by atoms with Crippen molar-refractivity contribution < 1.29 is 4.79 Å². The Labute approximate surface area is 114 Å². The molecule has 2 aliphatic rings. The van der Waals surface area contributed by atoms with Crippen LogP contribution in [-0.2, 0) is 0 Å². The number of aromatic amines is 1. The minimum Gasteiger partial charge on any atom is -0.348 e. The van der Waals surface area contributed by atoms with Gasteiger partial charge in [-0.05, 0) is 42.9 Å². The number of hydrogen-bond acceptors (Lipinski definition) is 2. The fourth-order valence-electron chi connectivity index (χ4n) is 4.45. The Morgan fingerprint density at radius 1 is 1.47 bits per heavy atom. The Bertz CT molecular complexity index is 514. The van der Waals surface area contributed by atoms with Crippen molar-refractivity contribution in [1.82, 2.24) is 15.5 Å². The molecule has 0 aromatic carbocycles. The van der Waals surface area contributed by atoms with E-state index >= 15 is 0 Å². The van der Waals surface area contributed by atoms with Crippen molar-refractivity contribution in [2.45, 2.75) is 53.0 Å². The van der Waals surface area contributed by atoms with Gasteiger partial charge < -0.3 is 5.32 Å². The Morgan fingerprint density at radius 2 is 2.21 bits per heavy atom. The van der Waals surface area contributed by atoms with Crippen LogP contribution in [0.1, 0.15) is 56.1 Å². The second-order valence-corrected chi connectivity index (χ2v) is 7.23. The number of hydrogen-bond donors (Lipinski definition) is 2. The van der Waals surface area contributed by atoms with Gasteiger partial charge in [-0.1, -0.05) is 20.8 Å². The van der Waals surface area contributed by atoms with Crippen LogP contribution in [0.15, 0.2) is 6.20 Å². The molecule has 3 rings (SSSR count). The average Bonchev–Trinajstić information content (AvgIpc) is 2.95. The third-order valence-electron chi connectivity index (χ3n) is 5.62. The first-order valence-corrected chi connectivity index (χ1v) is 7.15. The molecule has 0 spiro atoms. The number of carbonyl (C=O) groups excluding carboxylic acids is 1. The molecule has 2 fully saturated rings. The van der Waals surface area contributed by atoms with Gasteiger partial charge in [0.2, 0.25) is 0 Å². The predicted molar refractivity (Wildman–Crippen MR) is 73.8 cm³/mol. The van der Waals surface area contributed by atoms with Crippen molar-refractivity contribution in [3.63, 3.8) is 0 Å². The van der Waals surface area contributed by atoms with Crippen LogP contribution in [0.4, 0.5) is 0 Å². The van der Waals surface area contributed by atoms with Gasteiger partial charge >= 0.3 is 0 Å². The van der Waals surface area contributed by atoms with Gasteiger partial charge in [0.25, 0.3) is 5.91 Å². The number of H-pyrrole nitrogens is 1. The van der Waals surface area contributed by atoms with Gasteiger partial charge in [-0.25, -0.2) is 0 Å². The molecule has 0 aliphatic heterocycles. The highest BCUT2D eigenvalue weighted by atomic mass is 16.1. The zero-order valence-corrected chi connectivity index (χ0v) is 12.2. The molecule has 1 amide bonds. The molecular formula is C15H23N3O. The van der Waals surface area contributed by atoms with Crippen molar-refractivity contribution in [1.29, 1.82) is 0 Å². The van der Waals surface area contributed by atoms with Gasteiger partial charge in [-0.15, -0.1) is 0 Å². The van der Waals surface area contributed by atoms with Crippen LogP contribution in [-0.4, -0.2) is 22.1 Å². The molecule has 1 aromatic heterocycles. The van der Waals surface area contributed by atoms with Crippen LogP contribution < -0.4 is 5.32 Å². The standard InChI is InChI=1S/C15H23N3O/c1-9-11(8-16-18-9)12(19)17-13-14(2,3)10-5-6-15(13,4)7-10/h8,10,13H,5-7H2,1-4H3,(H,16,18)(H,17,19). The lowest BCUT2D eigenvalue weighted by Gasteiger charge is -2.43. The van der Waals surface area contributed by atoms with E-state index in [0.29, 0.717) is 5.56 Å². The van der Waals surface area contributed by atoms with Crippen LogP contribution in [0.2, 0.25) is 0 Å². The van der Waals surface area contributed by atoms with E-state index in [0.717, 1.165) is 11.6 Å². The molecule has 2 N–H and O–H groups in total. The number of aromatic nitrogens is 2. The molecule has 2 bridgehead atoms. The van der Waals surface area contributed by atoms with Gasteiger partial charge in [0.15, 0.2) is 0 Å². The van der Waals surface area contributed by atoms with E-state index in [9.17, 15) is 4.79 Å². The van der Waals surface area contributed by atoms with Gasteiger partial charge in [-0.3, -0.25) is 9.89 Å². The fourth-order valence-corrected chi connectivity index (χ4v) is 4.45. The maximum Gasteiger partial charge on any atom is 0.254 e. The smallest absolute Gasteiger partial charge is 0.254 e. The van der Waals surface area contributed by atoms with Crippen LogP contribution in [0, 0.1) is 23.7 Å². The summed E-state index contributed by atoms with van der Waals surface area (Å²) in [6, 6.07) is 0.264. The molecule has 4 nitrogen and oxygen atoms in total. The first-order valence-electron chi connectivity index (χ1n) is 7.15. The Kier molecular flexibility index (Phi) is 2.57. The molecular weight excluding hydrogens is 238 g/mol. The summed E-state index contributed by atoms with van der Waals surface area (Å²) >= 11 is 0. The van der Waals surface area contributed by atoms with Crippen molar-refractivity contribution in [3.8, 4) is 0 Å². The summed E-state index contributed by atoms with van der Waals surface area (Å²) in [6.45, 7) is 8.81. The summed E-state index contributed by atoms with van der Waals surface area (Å²) in [7, 11) is 0. The normalized spacial score (nSPS) is 35.6.